The quantitative estimate of drug-likeness (QED) is 0.430. The van der Waals surface area contributed by atoms with E-state index in [1.54, 1.807) is 6.92 Å². The Labute approximate surface area is 45.7 Å². The molecule has 1 aliphatic heterocycles. The van der Waals surface area contributed by atoms with Crippen molar-refractivity contribution in [2.45, 2.75) is 13.3 Å². The Bertz CT molecular complexity index is 169. The molecule has 0 spiro atoms. The van der Waals surface area contributed by atoms with Gasteiger partial charge in [0.2, 0.25) is 5.95 Å². The fourth-order valence-electron chi connectivity index (χ4n) is 0.565. The molecule has 0 saturated heterocycles. The van der Waals surface area contributed by atoms with Crippen LogP contribution in [0.4, 0.5) is 8.78 Å². The molecule has 3 heteroatoms. The monoisotopic (exact) mass is 117 g/mol. The molecule has 1 aliphatic rings. The second-order valence-electron chi connectivity index (χ2n) is 1.72. The molecule has 1 rings (SSSR count). The first-order valence-corrected chi connectivity index (χ1v) is 2.28. The van der Waals surface area contributed by atoms with Crippen molar-refractivity contribution in [1.29, 1.82) is 0 Å². The summed E-state index contributed by atoms with van der Waals surface area (Å²) in [5.74, 6) is -1.70. The highest BCUT2D eigenvalue weighted by Gasteiger charge is 2.13. The Morgan fingerprint density at radius 1 is 1.50 bits per heavy atom. The van der Waals surface area contributed by atoms with Crippen LogP contribution in [0.25, 0.3) is 0 Å². The maximum absolute atomic E-state index is 12.0. The molecule has 0 unspecified atom stereocenters. The molecular formula is C5H5F2N. The van der Waals surface area contributed by atoms with Crippen molar-refractivity contribution in [2.75, 3.05) is 0 Å². The normalized spacial score (nSPS) is 19.6. The van der Waals surface area contributed by atoms with Gasteiger partial charge in [0, 0.05) is 12.1 Å². The topological polar surface area (TPSA) is 12.4 Å². The minimum Gasteiger partial charge on any atom is -0.227 e. The van der Waals surface area contributed by atoms with Gasteiger partial charge in [-0.15, -0.1) is 0 Å². The molecule has 1 nitrogen and oxygen atoms in total. The standard InChI is InChI=1S/C5H5F2N/c1-3-2-4(6)5(7)8-3/h2H2,1H3. The van der Waals surface area contributed by atoms with Gasteiger partial charge in [0.1, 0.15) is 0 Å². The summed E-state index contributed by atoms with van der Waals surface area (Å²) in [5.41, 5.74) is 0.500. The van der Waals surface area contributed by atoms with Crippen molar-refractivity contribution in [3.63, 3.8) is 0 Å². The summed E-state index contributed by atoms with van der Waals surface area (Å²) < 4.78 is 23.8. The number of halogens is 2. The summed E-state index contributed by atoms with van der Waals surface area (Å²) in [6, 6.07) is 0. The SMILES string of the molecule is CC1=NC(F)=C(F)C1. The Morgan fingerprint density at radius 2 is 2.12 bits per heavy atom. The molecule has 0 bridgehead atoms. The molecule has 8 heavy (non-hydrogen) atoms. The van der Waals surface area contributed by atoms with E-state index in [9.17, 15) is 8.78 Å². The molecule has 0 N–H and O–H groups in total. The molecular weight excluding hydrogens is 112 g/mol. The number of hydrogen-bond donors (Lipinski definition) is 0. The number of hydrogen-bond acceptors (Lipinski definition) is 1. The second-order valence-corrected chi connectivity index (χ2v) is 1.72. The zero-order valence-corrected chi connectivity index (χ0v) is 4.41. The van der Waals surface area contributed by atoms with Gasteiger partial charge in [-0.05, 0) is 6.92 Å². The fourth-order valence-corrected chi connectivity index (χ4v) is 0.565. The molecule has 0 saturated carbocycles. The highest BCUT2D eigenvalue weighted by atomic mass is 19.2. The predicted molar refractivity (Wildman–Crippen MR) is 27.0 cm³/mol. The van der Waals surface area contributed by atoms with Crippen molar-refractivity contribution in [2.24, 2.45) is 4.99 Å². The van der Waals surface area contributed by atoms with Gasteiger partial charge in [-0.3, -0.25) is 0 Å². The lowest BCUT2D eigenvalue weighted by Crippen LogP contribution is -1.81. The van der Waals surface area contributed by atoms with E-state index < -0.39 is 11.8 Å². The van der Waals surface area contributed by atoms with Crippen molar-refractivity contribution < 1.29 is 8.78 Å². The molecule has 0 aromatic rings. The van der Waals surface area contributed by atoms with Gasteiger partial charge in [-0.2, -0.15) is 4.39 Å². The fraction of sp³-hybridized carbons (Fsp3) is 0.400. The van der Waals surface area contributed by atoms with Gasteiger partial charge >= 0.3 is 0 Å². The first-order valence-electron chi connectivity index (χ1n) is 2.28. The van der Waals surface area contributed by atoms with Gasteiger partial charge in [-0.1, -0.05) is 0 Å². The number of nitrogens with zero attached hydrogens (tertiary/aromatic N) is 1. The third-order valence-corrected chi connectivity index (χ3v) is 0.924. The lowest BCUT2D eigenvalue weighted by atomic mass is 10.3. The number of allylic oxidation sites excluding steroid dienone is 1. The van der Waals surface area contributed by atoms with Crippen LogP contribution in [0.2, 0.25) is 0 Å². The van der Waals surface area contributed by atoms with Crippen molar-refractivity contribution in [3.05, 3.63) is 11.8 Å². The first kappa shape index (κ1) is 5.41. The van der Waals surface area contributed by atoms with Crippen LogP contribution in [0.1, 0.15) is 13.3 Å². The van der Waals surface area contributed by atoms with E-state index >= 15 is 0 Å². The van der Waals surface area contributed by atoms with E-state index in [-0.39, 0.29) is 6.42 Å². The Kier molecular flexibility index (Phi) is 1.12. The minimum atomic E-state index is -0.956. The van der Waals surface area contributed by atoms with Crippen LogP contribution in [-0.2, 0) is 0 Å². The maximum Gasteiger partial charge on any atom is 0.244 e. The molecule has 0 aromatic carbocycles. The van der Waals surface area contributed by atoms with E-state index in [0.29, 0.717) is 5.71 Å². The van der Waals surface area contributed by atoms with E-state index in [1.165, 1.54) is 0 Å². The van der Waals surface area contributed by atoms with Crippen LogP contribution in [0.5, 0.6) is 0 Å². The maximum atomic E-state index is 12.0. The van der Waals surface area contributed by atoms with Gasteiger partial charge < -0.3 is 0 Å². The third kappa shape index (κ3) is 0.757. The molecule has 0 fully saturated rings. The summed E-state index contributed by atoms with van der Waals surface area (Å²) in [6.07, 6.45) is 0.0475. The average molecular weight is 117 g/mol. The summed E-state index contributed by atoms with van der Waals surface area (Å²) >= 11 is 0. The van der Waals surface area contributed by atoms with Gasteiger partial charge in [0.05, 0.1) is 0 Å². The molecule has 0 atom stereocenters. The van der Waals surface area contributed by atoms with E-state index in [1.807, 2.05) is 0 Å². The van der Waals surface area contributed by atoms with E-state index in [2.05, 4.69) is 4.99 Å². The molecule has 0 aromatic heterocycles. The highest BCUT2D eigenvalue weighted by Crippen LogP contribution is 2.20. The van der Waals surface area contributed by atoms with Crippen LogP contribution in [0.3, 0.4) is 0 Å². The molecule has 44 valence electrons. The number of rotatable bonds is 0. The van der Waals surface area contributed by atoms with Crippen LogP contribution in [0, 0.1) is 0 Å². The smallest absolute Gasteiger partial charge is 0.227 e. The molecule has 0 aliphatic carbocycles. The van der Waals surface area contributed by atoms with Gasteiger partial charge in [0.15, 0.2) is 5.83 Å². The first-order chi connectivity index (χ1) is 3.70. The van der Waals surface area contributed by atoms with Crippen LogP contribution in [0.15, 0.2) is 16.8 Å². The summed E-state index contributed by atoms with van der Waals surface area (Å²) in [7, 11) is 0. The lowest BCUT2D eigenvalue weighted by molar-refractivity contribution is 0.536. The summed E-state index contributed by atoms with van der Waals surface area (Å²) in [4.78, 5) is 3.22. The zero-order valence-electron chi connectivity index (χ0n) is 4.41. The zero-order chi connectivity index (χ0) is 6.15. The van der Waals surface area contributed by atoms with E-state index in [0.717, 1.165) is 0 Å². The van der Waals surface area contributed by atoms with Gasteiger partial charge in [-0.25, -0.2) is 9.38 Å². The van der Waals surface area contributed by atoms with Crippen LogP contribution < -0.4 is 0 Å². The third-order valence-electron chi connectivity index (χ3n) is 0.924. The van der Waals surface area contributed by atoms with E-state index in [4.69, 9.17) is 0 Å². The van der Waals surface area contributed by atoms with Crippen molar-refractivity contribution in [3.8, 4) is 0 Å². The average Bonchev–Trinajstić information content (AvgIpc) is 1.85. The Balaban J connectivity index is 2.79. The number of aliphatic imine (C=N–C) groups is 1. The lowest BCUT2D eigenvalue weighted by Gasteiger charge is -1.79. The predicted octanol–water partition coefficient (Wildman–Crippen LogP) is 1.96. The van der Waals surface area contributed by atoms with Crippen LogP contribution in [-0.4, -0.2) is 5.71 Å². The Hall–Kier alpha value is -0.730. The molecule has 1 heterocycles. The largest absolute Gasteiger partial charge is 0.244 e. The molecule has 0 amide bonds. The summed E-state index contributed by atoms with van der Waals surface area (Å²) in [5, 5.41) is 0. The summed E-state index contributed by atoms with van der Waals surface area (Å²) in [6.45, 7) is 1.59. The minimum absolute atomic E-state index is 0.0475. The second kappa shape index (κ2) is 1.65. The van der Waals surface area contributed by atoms with Crippen LogP contribution >= 0.6 is 0 Å². The Morgan fingerprint density at radius 3 is 2.25 bits per heavy atom. The molecule has 0 radical (unpaired) electrons. The van der Waals surface area contributed by atoms with Crippen molar-refractivity contribution >= 4 is 5.71 Å². The van der Waals surface area contributed by atoms with Crippen molar-refractivity contribution in [1.82, 2.24) is 0 Å². The van der Waals surface area contributed by atoms with Gasteiger partial charge in [0.25, 0.3) is 0 Å². The highest BCUT2D eigenvalue weighted by molar-refractivity contribution is 5.86.